The first-order valence-corrected chi connectivity index (χ1v) is 6.01. The van der Waals surface area contributed by atoms with Crippen LogP contribution in [-0.2, 0) is 11.2 Å². The number of hydrogen-bond acceptors (Lipinski definition) is 3. The third-order valence-electron chi connectivity index (χ3n) is 2.51. The van der Waals surface area contributed by atoms with Crippen molar-refractivity contribution in [2.24, 2.45) is 10.9 Å². The van der Waals surface area contributed by atoms with E-state index in [2.05, 4.69) is 17.4 Å². The van der Waals surface area contributed by atoms with Gasteiger partial charge in [-0.1, -0.05) is 30.6 Å². The standard InChI is InChI=1S/C13H19N3O2/c1-2-3-4-13(17)15-11-7-5-10(6-8-11)9-12(14)16-18/h5-8,18H,2-4,9H2,1H3,(H2,14,16)(H,15,17). The van der Waals surface area contributed by atoms with Crippen LogP contribution in [0.25, 0.3) is 0 Å². The molecule has 1 aromatic carbocycles. The summed E-state index contributed by atoms with van der Waals surface area (Å²) in [6, 6.07) is 7.30. The van der Waals surface area contributed by atoms with Gasteiger partial charge in [0.15, 0.2) is 0 Å². The molecule has 0 spiro atoms. The van der Waals surface area contributed by atoms with Gasteiger partial charge in [-0.05, 0) is 24.1 Å². The average molecular weight is 249 g/mol. The molecule has 4 N–H and O–H groups in total. The van der Waals surface area contributed by atoms with Crippen molar-refractivity contribution < 1.29 is 10.0 Å². The van der Waals surface area contributed by atoms with Gasteiger partial charge in [0.1, 0.15) is 5.84 Å². The Morgan fingerprint density at radius 2 is 2.06 bits per heavy atom. The van der Waals surface area contributed by atoms with Crippen LogP contribution in [0.5, 0.6) is 0 Å². The molecule has 0 fully saturated rings. The smallest absolute Gasteiger partial charge is 0.224 e. The van der Waals surface area contributed by atoms with E-state index in [1.165, 1.54) is 0 Å². The summed E-state index contributed by atoms with van der Waals surface area (Å²) < 4.78 is 0. The van der Waals surface area contributed by atoms with Gasteiger partial charge in [0.05, 0.1) is 0 Å². The highest BCUT2D eigenvalue weighted by Gasteiger charge is 2.02. The zero-order valence-electron chi connectivity index (χ0n) is 10.5. The first-order valence-electron chi connectivity index (χ1n) is 6.01. The number of unbranched alkanes of at least 4 members (excludes halogenated alkanes) is 1. The number of oxime groups is 1. The van der Waals surface area contributed by atoms with E-state index >= 15 is 0 Å². The van der Waals surface area contributed by atoms with E-state index in [-0.39, 0.29) is 11.7 Å². The monoisotopic (exact) mass is 249 g/mol. The Hall–Kier alpha value is -2.04. The van der Waals surface area contributed by atoms with E-state index in [4.69, 9.17) is 10.9 Å². The molecule has 0 radical (unpaired) electrons. The minimum atomic E-state index is 0.0287. The number of nitrogens with zero attached hydrogens (tertiary/aromatic N) is 1. The number of amidine groups is 1. The highest BCUT2D eigenvalue weighted by atomic mass is 16.4. The number of benzene rings is 1. The average Bonchev–Trinajstić information content (AvgIpc) is 2.38. The first-order chi connectivity index (χ1) is 8.65. The number of amides is 1. The Morgan fingerprint density at radius 1 is 1.39 bits per heavy atom. The molecule has 0 aliphatic heterocycles. The van der Waals surface area contributed by atoms with E-state index in [1.807, 2.05) is 24.3 Å². The lowest BCUT2D eigenvalue weighted by Gasteiger charge is -2.06. The topological polar surface area (TPSA) is 87.7 Å². The molecule has 0 saturated carbocycles. The molecule has 0 aromatic heterocycles. The van der Waals surface area contributed by atoms with Gasteiger partial charge in [0.25, 0.3) is 0 Å². The second-order valence-electron chi connectivity index (χ2n) is 4.12. The molecular weight excluding hydrogens is 230 g/mol. The van der Waals surface area contributed by atoms with Crippen LogP contribution < -0.4 is 11.1 Å². The molecule has 0 aliphatic rings. The molecule has 0 unspecified atom stereocenters. The van der Waals surface area contributed by atoms with Crippen LogP contribution in [0.2, 0.25) is 0 Å². The predicted octanol–water partition coefficient (Wildman–Crippen LogP) is 2.10. The molecule has 5 heteroatoms. The molecule has 0 bridgehead atoms. The van der Waals surface area contributed by atoms with Gasteiger partial charge in [0.2, 0.25) is 5.91 Å². The van der Waals surface area contributed by atoms with E-state index in [0.717, 1.165) is 24.1 Å². The summed E-state index contributed by atoms with van der Waals surface area (Å²) in [5.74, 6) is 0.191. The second-order valence-corrected chi connectivity index (χ2v) is 4.12. The van der Waals surface area contributed by atoms with E-state index in [0.29, 0.717) is 12.8 Å². The number of carbonyl (C=O) groups excluding carboxylic acids is 1. The van der Waals surface area contributed by atoms with Crippen molar-refractivity contribution in [3.05, 3.63) is 29.8 Å². The van der Waals surface area contributed by atoms with E-state index < -0.39 is 0 Å². The molecule has 1 amide bonds. The molecule has 1 aromatic rings. The number of carbonyl (C=O) groups is 1. The number of rotatable bonds is 6. The highest BCUT2D eigenvalue weighted by molar-refractivity contribution is 5.90. The molecule has 18 heavy (non-hydrogen) atoms. The lowest BCUT2D eigenvalue weighted by molar-refractivity contribution is -0.116. The minimum Gasteiger partial charge on any atom is -0.409 e. The molecule has 5 nitrogen and oxygen atoms in total. The Labute approximate surface area is 107 Å². The Kier molecular flexibility index (Phi) is 5.70. The zero-order valence-corrected chi connectivity index (χ0v) is 10.5. The third kappa shape index (κ3) is 4.86. The van der Waals surface area contributed by atoms with Crippen LogP contribution in [0.1, 0.15) is 31.7 Å². The lowest BCUT2D eigenvalue weighted by Crippen LogP contribution is -2.15. The van der Waals surface area contributed by atoms with Gasteiger partial charge in [-0.2, -0.15) is 0 Å². The first kappa shape index (κ1) is 14.0. The maximum Gasteiger partial charge on any atom is 0.224 e. The van der Waals surface area contributed by atoms with Crippen LogP contribution >= 0.6 is 0 Å². The molecule has 1 rings (SSSR count). The number of nitrogens with one attached hydrogen (secondary N) is 1. The van der Waals surface area contributed by atoms with Crippen LogP contribution in [0.3, 0.4) is 0 Å². The Bertz CT molecular complexity index is 413. The van der Waals surface area contributed by atoms with Crippen molar-refractivity contribution in [1.82, 2.24) is 0 Å². The van der Waals surface area contributed by atoms with Gasteiger partial charge in [-0.15, -0.1) is 0 Å². The van der Waals surface area contributed by atoms with Gasteiger partial charge in [-0.25, -0.2) is 0 Å². The van der Waals surface area contributed by atoms with Gasteiger partial charge < -0.3 is 16.3 Å². The van der Waals surface area contributed by atoms with Crippen molar-refractivity contribution >= 4 is 17.4 Å². The minimum absolute atomic E-state index is 0.0287. The SMILES string of the molecule is CCCCC(=O)Nc1ccc(C/C(N)=N/O)cc1. The normalized spacial score (nSPS) is 11.3. The maximum absolute atomic E-state index is 11.5. The summed E-state index contributed by atoms with van der Waals surface area (Å²) >= 11 is 0. The lowest BCUT2D eigenvalue weighted by atomic mass is 10.1. The molecule has 0 saturated heterocycles. The molecular formula is C13H19N3O2. The summed E-state index contributed by atoms with van der Waals surface area (Å²) in [4.78, 5) is 11.5. The summed E-state index contributed by atoms with van der Waals surface area (Å²) in [5, 5.41) is 14.2. The number of hydrogen-bond donors (Lipinski definition) is 3. The Morgan fingerprint density at radius 3 is 2.61 bits per heavy atom. The van der Waals surface area contributed by atoms with Gasteiger partial charge in [0, 0.05) is 18.5 Å². The molecule has 0 heterocycles. The fourth-order valence-corrected chi connectivity index (χ4v) is 1.51. The van der Waals surface area contributed by atoms with Crippen molar-refractivity contribution in [3.8, 4) is 0 Å². The van der Waals surface area contributed by atoms with Crippen molar-refractivity contribution in [1.29, 1.82) is 0 Å². The van der Waals surface area contributed by atoms with Crippen molar-refractivity contribution in [3.63, 3.8) is 0 Å². The van der Waals surface area contributed by atoms with Crippen LogP contribution in [0, 0.1) is 0 Å². The predicted molar refractivity (Wildman–Crippen MR) is 71.7 cm³/mol. The molecule has 0 atom stereocenters. The van der Waals surface area contributed by atoms with Gasteiger partial charge in [-0.3, -0.25) is 4.79 Å². The van der Waals surface area contributed by atoms with Gasteiger partial charge >= 0.3 is 0 Å². The zero-order chi connectivity index (χ0) is 13.4. The number of nitrogens with two attached hydrogens (primary N) is 1. The summed E-state index contributed by atoms with van der Waals surface area (Å²) in [6.07, 6.45) is 2.84. The van der Waals surface area contributed by atoms with E-state index in [9.17, 15) is 4.79 Å². The Balaban J connectivity index is 2.52. The molecule has 0 aliphatic carbocycles. The molecule has 98 valence electrons. The van der Waals surface area contributed by atoms with Crippen LogP contribution in [0.15, 0.2) is 29.4 Å². The highest BCUT2D eigenvalue weighted by Crippen LogP contribution is 2.11. The van der Waals surface area contributed by atoms with Crippen molar-refractivity contribution in [2.75, 3.05) is 5.32 Å². The summed E-state index contributed by atoms with van der Waals surface area (Å²) in [5.41, 5.74) is 7.10. The second kappa shape index (κ2) is 7.32. The number of anilines is 1. The van der Waals surface area contributed by atoms with Crippen molar-refractivity contribution in [2.45, 2.75) is 32.6 Å². The fraction of sp³-hybridized carbons (Fsp3) is 0.385. The summed E-state index contributed by atoms with van der Waals surface area (Å²) in [7, 11) is 0. The summed E-state index contributed by atoms with van der Waals surface area (Å²) in [6.45, 7) is 2.05. The quantitative estimate of drug-likeness (QED) is 0.312. The largest absolute Gasteiger partial charge is 0.409 e. The van der Waals surface area contributed by atoms with Crippen LogP contribution in [-0.4, -0.2) is 17.0 Å². The van der Waals surface area contributed by atoms with E-state index in [1.54, 1.807) is 0 Å². The fourth-order valence-electron chi connectivity index (χ4n) is 1.51. The van der Waals surface area contributed by atoms with Crippen LogP contribution in [0.4, 0.5) is 5.69 Å². The third-order valence-corrected chi connectivity index (χ3v) is 2.51. The maximum atomic E-state index is 11.5.